The Morgan fingerprint density at radius 1 is 1.11 bits per heavy atom. The van der Waals surface area contributed by atoms with Crippen LogP contribution in [0.5, 0.6) is 0 Å². The fraction of sp³-hybridized carbons (Fsp3) is 0.0714. The van der Waals surface area contributed by atoms with Crippen LogP contribution >= 0.6 is 11.6 Å². The zero-order valence-electron chi connectivity index (χ0n) is 9.68. The molecule has 0 radical (unpaired) electrons. The third-order valence-corrected chi connectivity index (χ3v) is 3.22. The maximum absolute atomic E-state index is 6.11. The number of fused-ring (bicyclic) bond motifs is 1. The van der Waals surface area contributed by atoms with Crippen molar-refractivity contribution in [3.63, 3.8) is 0 Å². The third kappa shape index (κ3) is 1.83. The van der Waals surface area contributed by atoms with E-state index in [0.717, 1.165) is 5.69 Å². The van der Waals surface area contributed by atoms with E-state index in [-0.39, 0.29) is 0 Å². The predicted molar refractivity (Wildman–Crippen MR) is 73.9 cm³/mol. The second-order valence-electron chi connectivity index (χ2n) is 4.16. The number of nitrogen functional groups attached to an aromatic ring is 1. The van der Waals surface area contributed by atoms with Gasteiger partial charge in [0, 0.05) is 12.6 Å². The maximum atomic E-state index is 6.11. The van der Waals surface area contributed by atoms with E-state index in [9.17, 15) is 0 Å². The number of rotatable bonds is 2. The van der Waals surface area contributed by atoms with Gasteiger partial charge in [0.15, 0.2) is 5.65 Å². The van der Waals surface area contributed by atoms with Crippen molar-refractivity contribution in [2.75, 3.05) is 5.73 Å². The number of anilines is 1. The molecule has 0 amide bonds. The number of hydrogen-bond acceptors (Lipinski definition) is 2. The van der Waals surface area contributed by atoms with Crippen LogP contribution in [0.25, 0.3) is 5.65 Å². The van der Waals surface area contributed by atoms with Crippen molar-refractivity contribution in [1.82, 2.24) is 9.38 Å². The number of pyridine rings is 1. The average molecular weight is 258 g/mol. The first-order valence-corrected chi connectivity index (χ1v) is 6.08. The van der Waals surface area contributed by atoms with Crippen molar-refractivity contribution in [3.05, 3.63) is 64.9 Å². The van der Waals surface area contributed by atoms with Crippen molar-refractivity contribution in [1.29, 1.82) is 0 Å². The highest BCUT2D eigenvalue weighted by Gasteiger charge is 2.11. The van der Waals surface area contributed by atoms with Crippen LogP contribution in [0.1, 0.15) is 11.3 Å². The molecule has 2 heterocycles. The monoisotopic (exact) mass is 257 g/mol. The Hall–Kier alpha value is -2.00. The first-order chi connectivity index (χ1) is 8.75. The molecule has 2 aromatic heterocycles. The molecule has 0 atom stereocenters. The number of halogens is 1. The highest BCUT2D eigenvalue weighted by Crippen LogP contribution is 2.23. The van der Waals surface area contributed by atoms with E-state index in [0.29, 0.717) is 22.9 Å². The van der Waals surface area contributed by atoms with Crippen LogP contribution in [0.4, 0.5) is 5.82 Å². The fourth-order valence-electron chi connectivity index (χ4n) is 2.02. The molecule has 0 fully saturated rings. The van der Waals surface area contributed by atoms with E-state index in [1.165, 1.54) is 5.56 Å². The van der Waals surface area contributed by atoms with E-state index in [1.807, 2.05) is 40.9 Å². The summed E-state index contributed by atoms with van der Waals surface area (Å²) in [4.78, 5) is 4.51. The minimum absolute atomic E-state index is 0.614. The average Bonchev–Trinajstić information content (AvgIpc) is 2.70. The zero-order chi connectivity index (χ0) is 12.5. The van der Waals surface area contributed by atoms with Crippen LogP contribution in [0.3, 0.4) is 0 Å². The summed E-state index contributed by atoms with van der Waals surface area (Å²) >= 11 is 6.11. The molecule has 2 N–H and O–H groups in total. The Bertz CT molecular complexity index is 689. The summed E-state index contributed by atoms with van der Waals surface area (Å²) in [5.74, 6) is 0.649. The summed E-state index contributed by atoms with van der Waals surface area (Å²) in [6.07, 6.45) is 2.59. The molecule has 0 bridgehead atoms. The molecule has 1 aromatic carbocycles. The molecule has 0 saturated heterocycles. The highest BCUT2D eigenvalue weighted by atomic mass is 35.5. The second kappa shape index (κ2) is 4.35. The van der Waals surface area contributed by atoms with Gasteiger partial charge in [-0.1, -0.05) is 41.9 Å². The summed E-state index contributed by atoms with van der Waals surface area (Å²) in [6.45, 7) is 0. The minimum atomic E-state index is 0.614. The molecule has 3 rings (SSSR count). The number of imidazole rings is 1. The molecule has 0 aliphatic heterocycles. The molecule has 18 heavy (non-hydrogen) atoms. The maximum Gasteiger partial charge on any atom is 0.157 e. The van der Waals surface area contributed by atoms with Gasteiger partial charge >= 0.3 is 0 Å². The summed E-state index contributed by atoms with van der Waals surface area (Å²) in [6, 6.07) is 13.8. The van der Waals surface area contributed by atoms with E-state index in [4.69, 9.17) is 17.3 Å². The number of aromatic nitrogens is 2. The smallest absolute Gasteiger partial charge is 0.157 e. The Kier molecular flexibility index (Phi) is 2.68. The molecule has 0 saturated carbocycles. The lowest BCUT2D eigenvalue weighted by Gasteiger charge is -1.99. The molecule has 0 aliphatic rings. The third-order valence-electron chi connectivity index (χ3n) is 2.93. The Morgan fingerprint density at radius 2 is 1.89 bits per heavy atom. The Balaban J connectivity index is 2.08. The SMILES string of the molecule is Nc1c(Cc2ccccc2)nc2c(Cl)cccn12. The van der Waals surface area contributed by atoms with Crippen LogP contribution in [0, 0.1) is 0 Å². The molecule has 0 aliphatic carbocycles. The Labute approximate surface area is 110 Å². The zero-order valence-corrected chi connectivity index (χ0v) is 10.4. The van der Waals surface area contributed by atoms with Crippen molar-refractivity contribution in [2.45, 2.75) is 6.42 Å². The number of benzene rings is 1. The van der Waals surface area contributed by atoms with Gasteiger partial charge in [-0.15, -0.1) is 0 Å². The molecule has 3 aromatic rings. The van der Waals surface area contributed by atoms with Gasteiger partial charge in [0.25, 0.3) is 0 Å². The van der Waals surface area contributed by atoms with Gasteiger partial charge in [-0.25, -0.2) is 4.98 Å². The molecule has 0 unspecified atom stereocenters. The molecular weight excluding hydrogens is 246 g/mol. The van der Waals surface area contributed by atoms with Gasteiger partial charge in [-0.3, -0.25) is 4.40 Å². The van der Waals surface area contributed by atoms with Crippen LogP contribution in [-0.2, 0) is 6.42 Å². The largest absolute Gasteiger partial charge is 0.383 e. The first kappa shape index (κ1) is 11.1. The lowest BCUT2D eigenvalue weighted by Crippen LogP contribution is -1.97. The van der Waals surface area contributed by atoms with Gasteiger partial charge in [-0.05, 0) is 17.7 Å². The van der Waals surface area contributed by atoms with Gasteiger partial charge in [0.05, 0.1) is 10.7 Å². The van der Waals surface area contributed by atoms with Crippen LogP contribution in [-0.4, -0.2) is 9.38 Å². The number of nitrogens with zero attached hydrogens (tertiary/aromatic N) is 2. The van der Waals surface area contributed by atoms with Crippen LogP contribution < -0.4 is 5.73 Å². The lowest BCUT2D eigenvalue weighted by molar-refractivity contribution is 1.12. The molecule has 90 valence electrons. The molecule has 4 heteroatoms. The fourth-order valence-corrected chi connectivity index (χ4v) is 2.22. The van der Waals surface area contributed by atoms with Crippen molar-refractivity contribution in [3.8, 4) is 0 Å². The van der Waals surface area contributed by atoms with E-state index in [1.54, 1.807) is 0 Å². The van der Waals surface area contributed by atoms with Crippen LogP contribution in [0.2, 0.25) is 5.02 Å². The van der Waals surface area contributed by atoms with E-state index < -0.39 is 0 Å². The summed E-state index contributed by atoms with van der Waals surface area (Å²) in [5.41, 5.74) is 8.85. The number of nitrogens with two attached hydrogens (primary N) is 1. The molecular formula is C14H12ClN3. The minimum Gasteiger partial charge on any atom is -0.383 e. The summed E-state index contributed by atoms with van der Waals surface area (Å²) in [5, 5.41) is 0.614. The standard InChI is InChI=1S/C14H12ClN3/c15-11-7-4-8-18-13(16)12(17-14(11)18)9-10-5-2-1-3-6-10/h1-8H,9,16H2. The summed E-state index contributed by atoms with van der Waals surface area (Å²) in [7, 11) is 0. The van der Waals surface area contributed by atoms with Crippen molar-refractivity contribution in [2.24, 2.45) is 0 Å². The highest BCUT2D eigenvalue weighted by molar-refractivity contribution is 6.33. The van der Waals surface area contributed by atoms with Crippen LogP contribution in [0.15, 0.2) is 48.7 Å². The second-order valence-corrected chi connectivity index (χ2v) is 4.56. The van der Waals surface area contributed by atoms with Crippen molar-refractivity contribution < 1.29 is 0 Å². The van der Waals surface area contributed by atoms with Gasteiger partial charge in [-0.2, -0.15) is 0 Å². The quantitative estimate of drug-likeness (QED) is 0.766. The Morgan fingerprint density at radius 3 is 2.61 bits per heavy atom. The molecule has 3 nitrogen and oxygen atoms in total. The van der Waals surface area contributed by atoms with Gasteiger partial charge in [0.1, 0.15) is 5.82 Å². The predicted octanol–water partition coefficient (Wildman–Crippen LogP) is 3.16. The summed E-state index contributed by atoms with van der Waals surface area (Å²) < 4.78 is 1.82. The van der Waals surface area contributed by atoms with Crippen molar-refractivity contribution >= 4 is 23.1 Å². The van der Waals surface area contributed by atoms with Gasteiger partial charge in [0.2, 0.25) is 0 Å². The molecule has 0 spiro atoms. The number of hydrogen-bond donors (Lipinski definition) is 1. The lowest BCUT2D eigenvalue weighted by atomic mass is 10.1. The van der Waals surface area contributed by atoms with Gasteiger partial charge < -0.3 is 5.73 Å². The normalized spacial score (nSPS) is 10.9. The first-order valence-electron chi connectivity index (χ1n) is 5.70. The van der Waals surface area contributed by atoms with E-state index >= 15 is 0 Å². The van der Waals surface area contributed by atoms with E-state index in [2.05, 4.69) is 17.1 Å². The topological polar surface area (TPSA) is 43.3 Å².